The van der Waals surface area contributed by atoms with Crippen LogP contribution < -0.4 is 21.7 Å². The Kier molecular flexibility index (Phi) is 8.92. The molecule has 41 heavy (non-hydrogen) atoms. The molecule has 0 radical (unpaired) electrons. The number of aliphatic imine (C=N–C) groups is 1. The van der Waals surface area contributed by atoms with Gasteiger partial charge in [0, 0.05) is 41.0 Å². The number of aromatic nitrogens is 4. The Balaban J connectivity index is 1.44. The molecule has 0 fully saturated rings. The highest BCUT2D eigenvalue weighted by molar-refractivity contribution is 6.10. The summed E-state index contributed by atoms with van der Waals surface area (Å²) in [4.78, 5) is 37.1. The highest BCUT2D eigenvalue weighted by Crippen LogP contribution is 2.24. The summed E-state index contributed by atoms with van der Waals surface area (Å²) >= 11 is 0. The second kappa shape index (κ2) is 12.7. The van der Waals surface area contributed by atoms with E-state index in [9.17, 15) is 22.8 Å². The minimum absolute atomic E-state index is 0.274. The van der Waals surface area contributed by atoms with Crippen molar-refractivity contribution in [1.82, 2.24) is 30.2 Å². The van der Waals surface area contributed by atoms with Crippen molar-refractivity contribution in [2.45, 2.75) is 25.7 Å². The quantitative estimate of drug-likeness (QED) is 0.228. The van der Waals surface area contributed by atoms with Crippen molar-refractivity contribution in [1.29, 1.82) is 0 Å². The van der Waals surface area contributed by atoms with Gasteiger partial charge in [-0.3, -0.25) is 14.8 Å². The number of hydrogen-bond acceptors (Lipinski definition) is 7. The van der Waals surface area contributed by atoms with Crippen LogP contribution in [0.25, 0.3) is 22.5 Å². The number of nitrogens with zero attached hydrogens (tertiary/aromatic N) is 5. The van der Waals surface area contributed by atoms with Crippen molar-refractivity contribution in [3.63, 3.8) is 0 Å². The fraction of sp³-hybridized carbons (Fsp3) is 0.185. The number of allylic oxidation sites excluding steroid dienone is 1. The van der Waals surface area contributed by atoms with Crippen LogP contribution in [0, 0.1) is 0 Å². The topological polar surface area (TPSA) is 152 Å². The van der Waals surface area contributed by atoms with Crippen LogP contribution in [0.1, 0.15) is 18.2 Å². The Hall–Kier alpha value is -5.27. The molecule has 3 aromatic heterocycles. The number of hydrogen-bond donors (Lipinski definition) is 4. The second-order valence-corrected chi connectivity index (χ2v) is 8.78. The average Bonchev–Trinajstić information content (AvgIpc) is 3.39. The van der Waals surface area contributed by atoms with Crippen LogP contribution in [0.3, 0.4) is 0 Å². The van der Waals surface area contributed by atoms with E-state index in [1.54, 1.807) is 71.7 Å². The number of benzene rings is 1. The number of nitrogens with one attached hydrogen (secondary N) is 3. The molecule has 4 aromatic rings. The summed E-state index contributed by atoms with van der Waals surface area (Å²) in [7, 11) is 0. The minimum Gasteiger partial charge on any atom is -0.404 e. The molecule has 0 spiro atoms. The van der Waals surface area contributed by atoms with E-state index in [-0.39, 0.29) is 18.1 Å². The van der Waals surface area contributed by atoms with Crippen LogP contribution in [-0.2, 0) is 11.3 Å². The number of fused-ring (bicyclic) bond motifs is 1. The van der Waals surface area contributed by atoms with E-state index < -0.39 is 24.8 Å². The number of alkyl halides is 3. The largest absolute Gasteiger partial charge is 0.405 e. The maximum Gasteiger partial charge on any atom is 0.405 e. The van der Waals surface area contributed by atoms with E-state index in [2.05, 4.69) is 30.7 Å². The number of halogens is 3. The molecule has 1 unspecified atom stereocenters. The number of pyridine rings is 1. The lowest BCUT2D eigenvalue weighted by Gasteiger charge is -2.10. The van der Waals surface area contributed by atoms with Gasteiger partial charge >= 0.3 is 12.2 Å². The lowest BCUT2D eigenvalue weighted by Crippen LogP contribution is -2.36. The minimum atomic E-state index is -4.52. The van der Waals surface area contributed by atoms with Gasteiger partial charge in [0.15, 0.2) is 5.65 Å². The third-order valence-electron chi connectivity index (χ3n) is 5.73. The van der Waals surface area contributed by atoms with Crippen molar-refractivity contribution < 1.29 is 22.8 Å². The molecule has 1 atom stereocenters. The van der Waals surface area contributed by atoms with E-state index in [1.807, 2.05) is 12.1 Å². The van der Waals surface area contributed by atoms with E-state index in [1.165, 1.54) is 12.4 Å². The van der Waals surface area contributed by atoms with E-state index in [0.717, 1.165) is 5.69 Å². The van der Waals surface area contributed by atoms with Gasteiger partial charge in [-0.1, -0.05) is 18.2 Å². The Morgan fingerprint density at radius 1 is 1.10 bits per heavy atom. The molecule has 0 bridgehead atoms. The molecule has 212 valence electrons. The van der Waals surface area contributed by atoms with Crippen LogP contribution in [0.2, 0.25) is 0 Å². The number of carbonyl (C=O) groups excluding carboxylic acids is 2. The maximum absolute atomic E-state index is 12.4. The Morgan fingerprint density at radius 3 is 2.66 bits per heavy atom. The van der Waals surface area contributed by atoms with Gasteiger partial charge in [-0.15, -0.1) is 0 Å². The molecular formula is C27H26F3N9O2. The Labute approximate surface area is 232 Å². The first-order chi connectivity index (χ1) is 19.6. The number of rotatable bonds is 9. The maximum atomic E-state index is 12.4. The zero-order valence-corrected chi connectivity index (χ0v) is 21.8. The highest BCUT2D eigenvalue weighted by atomic mass is 19.4. The van der Waals surface area contributed by atoms with Gasteiger partial charge in [0.25, 0.3) is 0 Å². The monoisotopic (exact) mass is 565 g/mol. The van der Waals surface area contributed by atoms with Gasteiger partial charge in [0.05, 0.1) is 30.3 Å². The summed E-state index contributed by atoms with van der Waals surface area (Å²) in [6.07, 6.45) is 3.10. The standard InChI is InChI=1S/C27H26F3N9O2/c1-17(25(40)35-14-22-6-2-3-8-32-22)33-12-20(11-31)19-10-24-34-15-23(39(24)37-13-19)18-5-4-7-21(9-18)38-26(41)36-16-27(28,29)30/h2-13,15,17H,14,16,31H2,1H3,(H,35,40)(H2,36,38,41)/b20-11+,33-12?. The Morgan fingerprint density at radius 2 is 1.93 bits per heavy atom. The number of amides is 3. The Bertz CT molecular complexity index is 1580. The molecule has 4 rings (SSSR count). The molecule has 0 aliphatic carbocycles. The molecule has 0 aliphatic rings. The van der Waals surface area contributed by atoms with Crippen LogP contribution in [0.15, 0.2) is 78.3 Å². The molecular weight excluding hydrogens is 539 g/mol. The summed E-state index contributed by atoms with van der Waals surface area (Å²) in [6, 6.07) is 12.0. The van der Waals surface area contributed by atoms with Gasteiger partial charge in [0.1, 0.15) is 12.6 Å². The first-order valence-electron chi connectivity index (χ1n) is 12.3. The molecule has 0 saturated heterocycles. The van der Waals surface area contributed by atoms with Gasteiger partial charge in [0.2, 0.25) is 5.91 Å². The fourth-order valence-corrected chi connectivity index (χ4v) is 3.64. The van der Waals surface area contributed by atoms with Gasteiger partial charge in [-0.2, -0.15) is 18.3 Å². The summed E-state index contributed by atoms with van der Waals surface area (Å²) in [5.41, 5.74) is 9.65. The third kappa shape index (κ3) is 7.88. The van der Waals surface area contributed by atoms with E-state index in [0.29, 0.717) is 28.0 Å². The number of imidazole rings is 1. The lowest BCUT2D eigenvalue weighted by atomic mass is 10.1. The average molecular weight is 566 g/mol. The molecule has 3 amide bonds. The van der Waals surface area contributed by atoms with Crippen molar-refractivity contribution >= 4 is 35.1 Å². The second-order valence-electron chi connectivity index (χ2n) is 8.78. The number of anilines is 1. The molecule has 0 saturated carbocycles. The van der Waals surface area contributed by atoms with E-state index in [4.69, 9.17) is 5.73 Å². The lowest BCUT2D eigenvalue weighted by molar-refractivity contribution is -0.123. The summed E-state index contributed by atoms with van der Waals surface area (Å²) in [5, 5.41) is 11.4. The summed E-state index contributed by atoms with van der Waals surface area (Å²) < 4.78 is 38.6. The van der Waals surface area contributed by atoms with Crippen LogP contribution in [0.4, 0.5) is 23.7 Å². The highest BCUT2D eigenvalue weighted by Gasteiger charge is 2.27. The predicted octanol–water partition coefficient (Wildman–Crippen LogP) is 3.55. The SMILES string of the molecule is CC(N=C/C(=C\N)c1cnn2c(-c3cccc(NC(=O)NCC(F)(F)F)c3)cnc2c1)C(=O)NCc1ccccn1. The predicted molar refractivity (Wildman–Crippen MR) is 148 cm³/mol. The zero-order chi connectivity index (χ0) is 29.4. The van der Waals surface area contributed by atoms with Crippen molar-refractivity contribution in [3.05, 3.63) is 84.6 Å². The smallest absolute Gasteiger partial charge is 0.404 e. The first-order valence-corrected chi connectivity index (χ1v) is 12.3. The molecule has 1 aromatic carbocycles. The number of carbonyl (C=O) groups is 2. The fourth-order valence-electron chi connectivity index (χ4n) is 3.64. The third-order valence-corrected chi connectivity index (χ3v) is 5.73. The molecule has 11 nitrogen and oxygen atoms in total. The zero-order valence-electron chi connectivity index (χ0n) is 21.8. The molecule has 0 aliphatic heterocycles. The van der Waals surface area contributed by atoms with Crippen molar-refractivity contribution in [2.75, 3.05) is 11.9 Å². The van der Waals surface area contributed by atoms with Crippen molar-refractivity contribution in [3.8, 4) is 11.3 Å². The van der Waals surface area contributed by atoms with E-state index >= 15 is 0 Å². The normalized spacial score (nSPS) is 12.8. The van der Waals surface area contributed by atoms with Gasteiger partial charge in [-0.05, 0) is 37.3 Å². The van der Waals surface area contributed by atoms with Gasteiger partial charge in [-0.25, -0.2) is 14.3 Å². The number of nitrogens with two attached hydrogens (primary N) is 1. The molecule has 5 N–H and O–H groups in total. The number of urea groups is 1. The summed E-state index contributed by atoms with van der Waals surface area (Å²) in [5.74, 6) is -0.274. The van der Waals surface area contributed by atoms with Crippen LogP contribution >= 0.6 is 0 Å². The summed E-state index contributed by atoms with van der Waals surface area (Å²) in [6.45, 7) is 0.496. The van der Waals surface area contributed by atoms with Gasteiger partial charge < -0.3 is 21.7 Å². The molecule has 3 heterocycles. The van der Waals surface area contributed by atoms with Crippen LogP contribution in [0.5, 0.6) is 0 Å². The first kappa shape index (κ1) is 28.7. The van der Waals surface area contributed by atoms with Crippen molar-refractivity contribution in [2.24, 2.45) is 10.7 Å². The van der Waals surface area contributed by atoms with Crippen LogP contribution in [-0.4, -0.2) is 56.5 Å². The molecule has 14 heteroatoms.